The van der Waals surface area contributed by atoms with Gasteiger partial charge in [-0.2, -0.15) is 13.2 Å². The van der Waals surface area contributed by atoms with E-state index in [1.165, 1.54) is 18.2 Å². The molecule has 2 N–H and O–H groups in total. The first-order valence-corrected chi connectivity index (χ1v) is 7.45. The number of alkyl halides is 3. The molecule has 0 radical (unpaired) electrons. The predicted octanol–water partition coefficient (Wildman–Crippen LogP) is 5.21. The largest absolute Gasteiger partial charge is 0.418 e. The summed E-state index contributed by atoms with van der Waals surface area (Å²) >= 11 is 0. The number of anilines is 2. The molecule has 0 aliphatic rings. The molecule has 0 atom stereocenters. The summed E-state index contributed by atoms with van der Waals surface area (Å²) in [6.07, 6.45) is -4.55. The van der Waals surface area contributed by atoms with E-state index < -0.39 is 17.8 Å². The fourth-order valence-corrected chi connectivity index (χ4v) is 2.53. The molecule has 0 bridgehead atoms. The summed E-state index contributed by atoms with van der Waals surface area (Å²) in [6.45, 7) is 1.77. The standard InChI is InChI=1S/C18H14F3N3O/c1-11-10-16(12-6-2-4-8-14(12)22-11)24-17(25)23-15-9-5-3-7-13(15)18(19,20)21/h2-10H,1H3,(H2,22,23,24,25). The molecule has 3 rings (SSSR count). The van der Waals surface area contributed by atoms with Crippen LogP contribution in [0.4, 0.5) is 29.3 Å². The van der Waals surface area contributed by atoms with Gasteiger partial charge in [-0.3, -0.25) is 4.98 Å². The number of amides is 2. The Bertz CT molecular complexity index is 938. The molecule has 2 aromatic carbocycles. The zero-order valence-electron chi connectivity index (χ0n) is 13.2. The number of pyridine rings is 1. The van der Waals surface area contributed by atoms with Gasteiger partial charge in [0.25, 0.3) is 0 Å². The topological polar surface area (TPSA) is 54.0 Å². The lowest BCUT2D eigenvalue weighted by Gasteiger charge is -2.15. The Kier molecular flexibility index (Phi) is 4.31. The third-order valence-electron chi connectivity index (χ3n) is 3.57. The Hall–Kier alpha value is -3.09. The molecule has 0 fully saturated rings. The molecule has 3 aromatic rings. The van der Waals surface area contributed by atoms with E-state index in [1.54, 1.807) is 31.2 Å². The monoisotopic (exact) mass is 345 g/mol. The lowest BCUT2D eigenvalue weighted by Crippen LogP contribution is -2.22. The van der Waals surface area contributed by atoms with Gasteiger partial charge in [-0.05, 0) is 31.2 Å². The number of hydrogen-bond donors (Lipinski definition) is 2. The number of para-hydroxylation sites is 2. The number of halogens is 3. The Balaban J connectivity index is 1.88. The fourth-order valence-electron chi connectivity index (χ4n) is 2.53. The van der Waals surface area contributed by atoms with E-state index in [2.05, 4.69) is 15.6 Å². The summed E-state index contributed by atoms with van der Waals surface area (Å²) in [5, 5.41) is 5.56. The average Bonchev–Trinajstić information content (AvgIpc) is 2.54. The third kappa shape index (κ3) is 3.71. The lowest BCUT2D eigenvalue weighted by atomic mass is 10.1. The van der Waals surface area contributed by atoms with Crippen molar-refractivity contribution >= 4 is 28.3 Å². The Morgan fingerprint density at radius 1 is 0.960 bits per heavy atom. The highest BCUT2D eigenvalue weighted by atomic mass is 19.4. The number of nitrogens with one attached hydrogen (secondary N) is 2. The normalized spacial score (nSPS) is 11.4. The molecule has 7 heteroatoms. The molecule has 0 saturated carbocycles. The van der Waals surface area contributed by atoms with Gasteiger partial charge in [0.2, 0.25) is 0 Å². The highest BCUT2D eigenvalue weighted by Crippen LogP contribution is 2.34. The van der Waals surface area contributed by atoms with E-state index in [0.717, 1.165) is 6.07 Å². The number of nitrogens with zero attached hydrogens (tertiary/aromatic N) is 1. The first kappa shape index (κ1) is 16.8. The molecule has 0 unspecified atom stereocenters. The van der Waals surface area contributed by atoms with Gasteiger partial charge in [-0.15, -0.1) is 0 Å². The minimum absolute atomic E-state index is 0.303. The van der Waals surface area contributed by atoms with Gasteiger partial charge in [0.15, 0.2) is 0 Å². The van der Waals surface area contributed by atoms with Crippen LogP contribution in [0.5, 0.6) is 0 Å². The van der Waals surface area contributed by atoms with Crippen LogP contribution in [0.3, 0.4) is 0 Å². The predicted molar refractivity (Wildman–Crippen MR) is 90.6 cm³/mol. The third-order valence-corrected chi connectivity index (χ3v) is 3.57. The Morgan fingerprint density at radius 2 is 1.60 bits per heavy atom. The smallest absolute Gasteiger partial charge is 0.307 e. The van der Waals surface area contributed by atoms with Crippen molar-refractivity contribution in [2.75, 3.05) is 10.6 Å². The van der Waals surface area contributed by atoms with Crippen LogP contribution in [0, 0.1) is 6.92 Å². The van der Waals surface area contributed by atoms with E-state index in [-0.39, 0.29) is 5.69 Å². The van der Waals surface area contributed by atoms with Gasteiger partial charge in [0, 0.05) is 11.1 Å². The SMILES string of the molecule is Cc1cc(NC(=O)Nc2ccccc2C(F)(F)F)c2ccccc2n1. The average molecular weight is 345 g/mol. The molecule has 25 heavy (non-hydrogen) atoms. The van der Waals surface area contributed by atoms with Gasteiger partial charge in [-0.1, -0.05) is 30.3 Å². The maximum Gasteiger partial charge on any atom is 0.418 e. The highest BCUT2D eigenvalue weighted by Gasteiger charge is 2.33. The van der Waals surface area contributed by atoms with Crippen LogP contribution in [-0.4, -0.2) is 11.0 Å². The van der Waals surface area contributed by atoms with Gasteiger partial charge >= 0.3 is 12.2 Å². The maximum absolute atomic E-state index is 13.0. The number of hydrogen-bond acceptors (Lipinski definition) is 2. The van der Waals surface area contributed by atoms with Crippen LogP contribution in [0.1, 0.15) is 11.3 Å². The Labute approximate surface area is 141 Å². The second-order valence-corrected chi connectivity index (χ2v) is 5.45. The summed E-state index contributed by atoms with van der Waals surface area (Å²) in [5.41, 5.74) is 0.645. The highest BCUT2D eigenvalue weighted by molar-refractivity contribution is 6.05. The van der Waals surface area contributed by atoms with E-state index >= 15 is 0 Å². The number of fused-ring (bicyclic) bond motifs is 1. The summed E-state index contributed by atoms with van der Waals surface area (Å²) in [7, 11) is 0. The van der Waals surface area contributed by atoms with E-state index in [0.29, 0.717) is 22.3 Å². The molecular formula is C18H14F3N3O. The van der Waals surface area contributed by atoms with Crippen molar-refractivity contribution in [2.45, 2.75) is 13.1 Å². The van der Waals surface area contributed by atoms with Crippen molar-refractivity contribution in [3.05, 3.63) is 65.9 Å². The summed E-state index contributed by atoms with van der Waals surface area (Å²) < 4.78 is 39.0. The van der Waals surface area contributed by atoms with Crippen LogP contribution < -0.4 is 10.6 Å². The van der Waals surface area contributed by atoms with Crippen molar-refractivity contribution in [3.8, 4) is 0 Å². The van der Waals surface area contributed by atoms with E-state index in [9.17, 15) is 18.0 Å². The van der Waals surface area contributed by atoms with Crippen molar-refractivity contribution in [2.24, 2.45) is 0 Å². The molecule has 2 amide bonds. The number of aryl methyl sites for hydroxylation is 1. The van der Waals surface area contributed by atoms with Crippen LogP contribution in [0.15, 0.2) is 54.6 Å². The minimum Gasteiger partial charge on any atom is -0.307 e. The molecule has 1 aromatic heterocycles. The van der Waals surface area contributed by atoms with Crippen molar-refractivity contribution in [3.63, 3.8) is 0 Å². The fraction of sp³-hybridized carbons (Fsp3) is 0.111. The van der Waals surface area contributed by atoms with Crippen LogP contribution in [0.2, 0.25) is 0 Å². The first-order valence-electron chi connectivity index (χ1n) is 7.45. The second kappa shape index (κ2) is 6.43. The van der Waals surface area contributed by atoms with Gasteiger partial charge in [0.1, 0.15) is 0 Å². The number of aromatic nitrogens is 1. The molecule has 4 nitrogen and oxygen atoms in total. The number of carbonyl (C=O) groups excluding carboxylic acids is 1. The molecular weight excluding hydrogens is 331 g/mol. The van der Waals surface area contributed by atoms with Crippen molar-refractivity contribution < 1.29 is 18.0 Å². The van der Waals surface area contributed by atoms with Crippen molar-refractivity contribution in [1.82, 2.24) is 4.98 Å². The molecule has 0 aliphatic heterocycles. The summed E-state index contributed by atoms with van der Waals surface area (Å²) in [5.74, 6) is 0. The Morgan fingerprint density at radius 3 is 2.36 bits per heavy atom. The number of urea groups is 1. The zero-order valence-corrected chi connectivity index (χ0v) is 13.2. The number of benzene rings is 2. The summed E-state index contributed by atoms with van der Waals surface area (Å²) in [6, 6.07) is 12.9. The molecule has 1 heterocycles. The van der Waals surface area contributed by atoms with Crippen molar-refractivity contribution in [1.29, 1.82) is 0 Å². The number of rotatable bonds is 2. The van der Waals surface area contributed by atoms with Gasteiger partial charge < -0.3 is 10.6 Å². The van der Waals surface area contributed by atoms with Crippen LogP contribution in [-0.2, 0) is 6.18 Å². The molecule has 128 valence electrons. The maximum atomic E-state index is 13.0. The number of carbonyl (C=O) groups is 1. The molecule has 0 saturated heterocycles. The molecule has 0 aliphatic carbocycles. The van der Waals surface area contributed by atoms with Gasteiger partial charge in [-0.25, -0.2) is 4.79 Å². The van der Waals surface area contributed by atoms with E-state index in [1.807, 2.05) is 6.07 Å². The van der Waals surface area contributed by atoms with Gasteiger partial charge in [0.05, 0.1) is 22.5 Å². The summed E-state index contributed by atoms with van der Waals surface area (Å²) in [4.78, 5) is 16.6. The molecule has 0 spiro atoms. The van der Waals surface area contributed by atoms with Crippen LogP contribution >= 0.6 is 0 Å². The second-order valence-electron chi connectivity index (χ2n) is 5.45. The lowest BCUT2D eigenvalue weighted by molar-refractivity contribution is -0.136. The zero-order chi connectivity index (χ0) is 18.0. The van der Waals surface area contributed by atoms with E-state index in [4.69, 9.17) is 0 Å². The van der Waals surface area contributed by atoms with Crippen LogP contribution in [0.25, 0.3) is 10.9 Å². The first-order chi connectivity index (χ1) is 11.8. The quantitative estimate of drug-likeness (QED) is 0.670. The minimum atomic E-state index is -4.55.